The van der Waals surface area contributed by atoms with E-state index in [4.69, 9.17) is 9.47 Å². The highest BCUT2D eigenvalue weighted by molar-refractivity contribution is 5.99. The molecule has 2 N–H and O–H groups in total. The fourth-order valence-corrected chi connectivity index (χ4v) is 2.13. The third kappa shape index (κ3) is 4.04. The van der Waals surface area contributed by atoms with Crippen LogP contribution in [0.15, 0.2) is 42.5 Å². The zero-order valence-electron chi connectivity index (χ0n) is 13.9. The van der Waals surface area contributed by atoms with Gasteiger partial charge in [-0.1, -0.05) is 19.1 Å². The third-order valence-electron chi connectivity index (χ3n) is 3.56. The number of amides is 2. The lowest BCUT2D eigenvalue weighted by Gasteiger charge is -2.11. The number of hydrogen-bond donors (Lipinski definition) is 2. The molecule has 0 fully saturated rings. The molecule has 0 spiro atoms. The molecule has 0 atom stereocenters. The SMILES string of the molecule is CCc1ccc(C(=O)NNC(=O)c2ccc(OC)c(OC)c2)cc1. The van der Waals surface area contributed by atoms with E-state index in [1.165, 1.54) is 20.3 Å². The van der Waals surface area contributed by atoms with Gasteiger partial charge in [0.15, 0.2) is 11.5 Å². The molecule has 2 aromatic carbocycles. The predicted molar refractivity (Wildman–Crippen MR) is 90.3 cm³/mol. The molecule has 2 amide bonds. The first kappa shape index (κ1) is 17.3. The van der Waals surface area contributed by atoms with Gasteiger partial charge in [0, 0.05) is 11.1 Å². The van der Waals surface area contributed by atoms with Crippen molar-refractivity contribution < 1.29 is 19.1 Å². The maximum atomic E-state index is 12.1. The molecule has 0 unspecified atom stereocenters. The predicted octanol–water partition coefficient (Wildman–Crippen LogP) is 2.34. The van der Waals surface area contributed by atoms with Crippen LogP contribution >= 0.6 is 0 Å². The van der Waals surface area contributed by atoms with Crippen LogP contribution in [0.2, 0.25) is 0 Å². The molecular weight excluding hydrogens is 308 g/mol. The van der Waals surface area contributed by atoms with Crippen molar-refractivity contribution >= 4 is 11.8 Å². The van der Waals surface area contributed by atoms with Gasteiger partial charge in [-0.05, 0) is 42.3 Å². The molecule has 6 heteroatoms. The molecule has 0 bridgehead atoms. The van der Waals surface area contributed by atoms with Crippen molar-refractivity contribution in [3.63, 3.8) is 0 Å². The molecule has 2 aromatic rings. The lowest BCUT2D eigenvalue weighted by Crippen LogP contribution is -2.41. The number of hydrazine groups is 1. The normalized spacial score (nSPS) is 9.96. The average Bonchev–Trinajstić information content (AvgIpc) is 2.65. The zero-order valence-corrected chi connectivity index (χ0v) is 13.9. The molecular formula is C18H20N2O4. The topological polar surface area (TPSA) is 76.7 Å². The van der Waals surface area contributed by atoms with Gasteiger partial charge in [0.1, 0.15) is 0 Å². The summed E-state index contributed by atoms with van der Waals surface area (Å²) in [5.74, 6) is 0.127. The molecule has 0 heterocycles. The average molecular weight is 328 g/mol. The molecule has 0 saturated carbocycles. The molecule has 0 aliphatic carbocycles. The Labute approximate surface area is 140 Å². The van der Waals surface area contributed by atoms with Crippen molar-refractivity contribution in [2.45, 2.75) is 13.3 Å². The molecule has 0 radical (unpaired) electrons. The monoisotopic (exact) mass is 328 g/mol. The molecule has 0 aromatic heterocycles. The van der Waals surface area contributed by atoms with Gasteiger partial charge in [0.05, 0.1) is 14.2 Å². The van der Waals surface area contributed by atoms with Crippen molar-refractivity contribution in [3.05, 3.63) is 59.2 Å². The van der Waals surface area contributed by atoms with E-state index in [1.807, 2.05) is 19.1 Å². The van der Waals surface area contributed by atoms with Crippen LogP contribution in [-0.4, -0.2) is 26.0 Å². The van der Waals surface area contributed by atoms with Crippen molar-refractivity contribution in [3.8, 4) is 11.5 Å². The Morgan fingerprint density at radius 2 is 1.38 bits per heavy atom. The lowest BCUT2D eigenvalue weighted by atomic mass is 10.1. The van der Waals surface area contributed by atoms with Crippen LogP contribution in [0.25, 0.3) is 0 Å². The Morgan fingerprint density at radius 1 is 0.833 bits per heavy atom. The first-order valence-electron chi connectivity index (χ1n) is 7.50. The van der Waals surface area contributed by atoms with E-state index < -0.39 is 5.91 Å². The number of nitrogens with one attached hydrogen (secondary N) is 2. The molecule has 126 valence electrons. The summed E-state index contributed by atoms with van der Waals surface area (Å²) < 4.78 is 10.3. The third-order valence-corrected chi connectivity index (χ3v) is 3.56. The van der Waals surface area contributed by atoms with Gasteiger partial charge in [-0.2, -0.15) is 0 Å². The number of hydrogen-bond acceptors (Lipinski definition) is 4. The van der Waals surface area contributed by atoms with Crippen LogP contribution in [0.3, 0.4) is 0 Å². The van der Waals surface area contributed by atoms with Crippen LogP contribution in [0, 0.1) is 0 Å². The van der Waals surface area contributed by atoms with Crippen LogP contribution in [0.4, 0.5) is 0 Å². The largest absolute Gasteiger partial charge is 0.493 e. The number of carbonyl (C=O) groups excluding carboxylic acids is 2. The summed E-state index contributed by atoms with van der Waals surface area (Å²) in [7, 11) is 3.00. The zero-order chi connectivity index (χ0) is 17.5. The van der Waals surface area contributed by atoms with E-state index >= 15 is 0 Å². The van der Waals surface area contributed by atoms with E-state index in [0.29, 0.717) is 22.6 Å². The Balaban J connectivity index is 2.00. The minimum atomic E-state index is -0.450. The highest BCUT2D eigenvalue weighted by Crippen LogP contribution is 2.27. The molecule has 0 aliphatic rings. The lowest BCUT2D eigenvalue weighted by molar-refractivity contribution is 0.0846. The maximum absolute atomic E-state index is 12.1. The van der Waals surface area contributed by atoms with Crippen LogP contribution in [0.5, 0.6) is 11.5 Å². The number of benzene rings is 2. The van der Waals surface area contributed by atoms with E-state index in [2.05, 4.69) is 10.9 Å². The number of ether oxygens (including phenoxy) is 2. The Morgan fingerprint density at radius 3 is 1.92 bits per heavy atom. The summed E-state index contributed by atoms with van der Waals surface area (Å²) in [6.07, 6.45) is 0.901. The van der Waals surface area contributed by atoms with Crippen LogP contribution in [0.1, 0.15) is 33.2 Å². The minimum Gasteiger partial charge on any atom is -0.493 e. The van der Waals surface area contributed by atoms with Gasteiger partial charge in [0.2, 0.25) is 0 Å². The molecule has 6 nitrogen and oxygen atoms in total. The summed E-state index contributed by atoms with van der Waals surface area (Å²) in [6.45, 7) is 2.04. The summed E-state index contributed by atoms with van der Waals surface area (Å²) >= 11 is 0. The second-order valence-electron chi connectivity index (χ2n) is 5.03. The number of carbonyl (C=O) groups is 2. The smallest absolute Gasteiger partial charge is 0.269 e. The summed E-state index contributed by atoms with van der Waals surface area (Å²) in [6, 6.07) is 11.9. The number of aryl methyl sites for hydroxylation is 1. The van der Waals surface area contributed by atoms with Gasteiger partial charge in [0.25, 0.3) is 11.8 Å². The van der Waals surface area contributed by atoms with E-state index in [0.717, 1.165) is 12.0 Å². The standard InChI is InChI=1S/C18H20N2O4/c1-4-12-5-7-13(8-6-12)17(21)19-20-18(22)14-9-10-15(23-2)16(11-14)24-3/h5-11H,4H2,1-3H3,(H,19,21)(H,20,22). The van der Waals surface area contributed by atoms with E-state index in [9.17, 15) is 9.59 Å². The summed E-state index contributed by atoms with van der Waals surface area (Å²) in [5, 5.41) is 0. The van der Waals surface area contributed by atoms with E-state index in [-0.39, 0.29) is 5.91 Å². The minimum absolute atomic E-state index is 0.342. The summed E-state index contributed by atoms with van der Waals surface area (Å²) in [4.78, 5) is 24.2. The number of methoxy groups -OCH3 is 2. The quantitative estimate of drug-likeness (QED) is 0.826. The van der Waals surface area contributed by atoms with Gasteiger partial charge in [-0.25, -0.2) is 0 Å². The number of rotatable bonds is 5. The second-order valence-corrected chi connectivity index (χ2v) is 5.03. The summed E-state index contributed by atoms with van der Waals surface area (Å²) in [5.41, 5.74) is 6.72. The first-order valence-corrected chi connectivity index (χ1v) is 7.50. The fraction of sp³-hybridized carbons (Fsp3) is 0.222. The van der Waals surface area contributed by atoms with Crippen molar-refractivity contribution in [1.29, 1.82) is 0 Å². The van der Waals surface area contributed by atoms with Crippen LogP contribution in [-0.2, 0) is 6.42 Å². The van der Waals surface area contributed by atoms with E-state index in [1.54, 1.807) is 24.3 Å². The molecule has 2 rings (SSSR count). The molecule has 24 heavy (non-hydrogen) atoms. The Bertz CT molecular complexity index is 726. The van der Waals surface area contributed by atoms with Crippen molar-refractivity contribution in [1.82, 2.24) is 10.9 Å². The Hall–Kier alpha value is -3.02. The Kier molecular flexibility index (Phi) is 5.78. The second kappa shape index (κ2) is 8.01. The van der Waals surface area contributed by atoms with Crippen molar-refractivity contribution in [2.75, 3.05) is 14.2 Å². The highest BCUT2D eigenvalue weighted by Gasteiger charge is 2.12. The van der Waals surface area contributed by atoms with Crippen LogP contribution < -0.4 is 20.3 Å². The van der Waals surface area contributed by atoms with Gasteiger partial charge >= 0.3 is 0 Å². The van der Waals surface area contributed by atoms with Gasteiger partial charge in [-0.15, -0.1) is 0 Å². The first-order chi connectivity index (χ1) is 11.6. The molecule has 0 aliphatic heterocycles. The maximum Gasteiger partial charge on any atom is 0.269 e. The van der Waals surface area contributed by atoms with Crippen molar-refractivity contribution in [2.24, 2.45) is 0 Å². The highest BCUT2D eigenvalue weighted by atomic mass is 16.5. The molecule has 0 saturated heterocycles. The van der Waals surface area contributed by atoms with Gasteiger partial charge < -0.3 is 9.47 Å². The fourth-order valence-electron chi connectivity index (χ4n) is 2.13. The van der Waals surface area contributed by atoms with Gasteiger partial charge in [-0.3, -0.25) is 20.4 Å².